The Labute approximate surface area is 149 Å². The van der Waals surface area contributed by atoms with Crippen LogP contribution in [-0.2, 0) is 4.79 Å². The Morgan fingerprint density at radius 2 is 1.91 bits per heavy atom. The normalized spacial score (nSPS) is 15.0. The highest BCUT2D eigenvalue weighted by molar-refractivity contribution is 9.11. The molecule has 0 saturated carbocycles. The van der Waals surface area contributed by atoms with Gasteiger partial charge in [-0.1, -0.05) is 34.1 Å². The molecule has 0 radical (unpaired) electrons. The van der Waals surface area contributed by atoms with Crippen LogP contribution in [0.2, 0.25) is 0 Å². The average Bonchev–Trinajstić information content (AvgIpc) is 2.84. The van der Waals surface area contributed by atoms with Crippen LogP contribution in [0.1, 0.15) is 11.1 Å². The second-order valence-corrected chi connectivity index (χ2v) is 7.05. The number of aromatic nitrogens is 1. The maximum Gasteiger partial charge on any atom is 0.256 e. The summed E-state index contributed by atoms with van der Waals surface area (Å²) >= 11 is 6.96. The zero-order chi connectivity index (χ0) is 16.0. The van der Waals surface area contributed by atoms with Crippen molar-refractivity contribution in [2.75, 3.05) is 5.32 Å². The number of carbonyl (C=O) groups excluding carboxylic acids is 1. The van der Waals surface area contributed by atoms with E-state index < -0.39 is 0 Å². The number of halogens is 2. The van der Waals surface area contributed by atoms with Crippen molar-refractivity contribution in [3.8, 4) is 0 Å². The molecule has 112 valence electrons. The standard InChI is InChI=1S/C18H10Br2N2O/c19-12-7-13-14(18(23)22-17(13)15(20)8-12)6-10-5-11-3-1-2-4-16(11)21-9-10/h1-9H,(H,22,23). The van der Waals surface area contributed by atoms with Crippen LogP contribution >= 0.6 is 31.9 Å². The highest BCUT2D eigenvalue weighted by atomic mass is 79.9. The van der Waals surface area contributed by atoms with Gasteiger partial charge in [-0.15, -0.1) is 0 Å². The number of nitrogens with zero attached hydrogens (tertiary/aromatic N) is 1. The Bertz CT molecular complexity index is 995. The van der Waals surface area contributed by atoms with Gasteiger partial charge in [0.2, 0.25) is 0 Å². The smallest absolute Gasteiger partial charge is 0.256 e. The van der Waals surface area contributed by atoms with E-state index in [0.717, 1.165) is 36.7 Å². The molecule has 1 N–H and O–H groups in total. The summed E-state index contributed by atoms with van der Waals surface area (Å²) in [5.41, 5.74) is 4.16. The lowest BCUT2D eigenvalue weighted by Crippen LogP contribution is -2.03. The van der Waals surface area contributed by atoms with Crippen molar-refractivity contribution in [2.24, 2.45) is 0 Å². The summed E-state index contributed by atoms with van der Waals surface area (Å²) in [4.78, 5) is 16.8. The third-order valence-corrected chi connectivity index (χ3v) is 4.83. The summed E-state index contributed by atoms with van der Waals surface area (Å²) < 4.78 is 1.78. The van der Waals surface area contributed by atoms with Crippen LogP contribution < -0.4 is 5.32 Å². The van der Waals surface area contributed by atoms with Gasteiger partial charge in [-0.25, -0.2) is 0 Å². The van der Waals surface area contributed by atoms with E-state index in [4.69, 9.17) is 0 Å². The number of hydrogen-bond acceptors (Lipinski definition) is 2. The van der Waals surface area contributed by atoms with Crippen molar-refractivity contribution >= 4 is 66.0 Å². The molecule has 2 aromatic carbocycles. The number of nitrogens with one attached hydrogen (secondary N) is 1. The zero-order valence-corrected chi connectivity index (χ0v) is 15.0. The Kier molecular flexibility index (Phi) is 3.54. The first kappa shape index (κ1) is 14.6. The van der Waals surface area contributed by atoms with Gasteiger partial charge < -0.3 is 5.32 Å². The van der Waals surface area contributed by atoms with Gasteiger partial charge in [0.05, 0.1) is 11.2 Å². The minimum atomic E-state index is -0.105. The SMILES string of the molecule is O=C1Nc2c(Br)cc(Br)cc2C1=Cc1cnc2ccccc2c1. The molecule has 0 unspecified atom stereocenters. The molecule has 0 aliphatic carbocycles. The number of anilines is 1. The molecule has 5 heteroatoms. The molecule has 23 heavy (non-hydrogen) atoms. The Morgan fingerprint density at radius 1 is 1.09 bits per heavy atom. The molecule has 4 rings (SSSR count). The minimum absolute atomic E-state index is 0.105. The van der Waals surface area contributed by atoms with E-state index in [1.165, 1.54) is 0 Å². The predicted octanol–water partition coefficient (Wildman–Crippen LogP) is 5.25. The van der Waals surface area contributed by atoms with Gasteiger partial charge >= 0.3 is 0 Å². The number of hydrogen-bond donors (Lipinski definition) is 1. The van der Waals surface area contributed by atoms with Gasteiger partial charge in [0, 0.05) is 31.7 Å². The fourth-order valence-corrected chi connectivity index (χ4v) is 4.02. The summed E-state index contributed by atoms with van der Waals surface area (Å²) in [5, 5.41) is 3.96. The number of rotatable bonds is 1. The fraction of sp³-hybridized carbons (Fsp3) is 0. The monoisotopic (exact) mass is 428 g/mol. The van der Waals surface area contributed by atoms with Gasteiger partial charge in [-0.05, 0) is 51.8 Å². The maximum atomic E-state index is 12.3. The predicted molar refractivity (Wildman–Crippen MR) is 100 cm³/mol. The Balaban J connectivity index is 1.86. The van der Waals surface area contributed by atoms with E-state index in [2.05, 4.69) is 42.2 Å². The Hall–Kier alpha value is -1.98. The fourth-order valence-electron chi connectivity index (χ4n) is 2.69. The molecule has 1 aliphatic heterocycles. The molecule has 1 amide bonds. The number of fused-ring (bicyclic) bond motifs is 2. The van der Waals surface area contributed by atoms with E-state index >= 15 is 0 Å². The lowest BCUT2D eigenvalue weighted by Gasteiger charge is -2.03. The number of carbonyl (C=O) groups is 1. The molecule has 1 aliphatic rings. The van der Waals surface area contributed by atoms with Gasteiger partial charge in [0.15, 0.2) is 0 Å². The van der Waals surface area contributed by atoms with Crippen LogP contribution in [0.5, 0.6) is 0 Å². The van der Waals surface area contributed by atoms with Gasteiger partial charge in [0.25, 0.3) is 5.91 Å². The van der Waals surface area contributed by atoms with Crippen LogP contribution in [0.15, 0.2) is 57.6 Å². The summed E-state index contributed by atoms with van der Waals surface area (Å²) in [6, 6.07) is 13.8. The summed E-state index contributed by atoms with van der Waals surface area (Å²) in [5.74, 6) is -0.105. The first-order chi connectivity index (χ1) is 11.1. The van der Waals surface area contributed by atoms with Crippen LogP contribution in [0, 0.1) is 0 Å². The topological polar surface area (TPSA) is 42.0 Å². The first-order valence-electron chi connectivity index (χ1n) is 6.99. The molecule has 2 heterocycles. The zero-order valence-electron chi connectivity index (χ0n) is 11.8. The minimum Gasteiger partial charge on any atom is -0.320 e. The molecular formula is C18H10Br2N2O. The lowest BCUT2D eigenvalue weighted by molar-refractivity contribution is -0.110. The Morgan fingerprint density at radius 3 is 2.78 bits per heavy atom. The molecule has 0 fully saturated rings. The summed E-state index contributed by atoms with van der Waals surface area (Å²) in [6.45, 7) is 0. The maximum absolute atomic E-state index is 12.3. The van der Waals surface area contributed by atoms with E-state index in [-0.39, 0.29) is 5.91 Å². The van der Waals surface area contributed by atoms with Crippen molar-refractivity contribution in [2.45, 2.75) is 0 Å². The highest BCUT2D eigenvalue weighted by Crippen LogP contribution is 2.40. The van der Waals surface area contributed by atoms with E-state index in [0.29, 0.717) is 5.57 Å². The first-order valence-corrected chi connectivity index (χ1v) is 8.58. The molecule has 1 aromatic heterocycles. The largest absolute Gasteiger partial charge is 0.320 e. The van der Waals surface area contributed by atoms with Crippen molar-refractivity contribution in [1.82, 2.24) is 4.98 Å². The number of pyridine rings is 1. The average molecular weight is 430 g/mol. The van der Waals surface area contributed by atoms with Crippen molar-refractivity contribution in [3.63, 3.8) is 0 Å². The van der Waals surface area contributed by atoms with Gasteiger partial charge in [0.1, 0.15) is 0 Å². The number of benzene rings is 2. The number of amides is 1. The quantitative estimate of drug-likeness (QED) is 0.536. The van der Waals surface area contributed by atoms with Crippen molar-refractivity contribution in [1.29, 1.82) is 0 Å². The van der Waals surface area contributed by atoms with E-state index in [1.54, 1.807) is 6.20 Å². The second kappa shape index (κ2) is 5.58. The second-order valence-electron chi connectivity index (χ2n) is 5.28. The van der Waals surface area contributed by atoms with Crippen molar-refractivity contribution < 1.29 is 4.79 Å². The van der Waals surface area contributed by atoms with E-state index in [1.807, 2.05) is 48.5 Å². The number of para-hydroxylation sites is 1. The van der Waals surface area contributed by atoms with Crippen LogP contribution in [-0.4, -0.2) is 10.9 Å². The van der Waals surface area contributed by atoms with Crippen molar-refractivity contribution in [3.05, 3.63) is 68.7 Å². The summed E-state index contributed by atoms with van der Waals surface area (Å²) in [7, 11) is 0. The summed E-state index contributed by atoms with van der Waals surface area (Å²) in [6.07, 6.45) is 3.66. The van der Waals surface area contributed by atoms with Crippen LogP contribution in [0.3, 0.4) is 0 Å². The molecule has 3 aromatic rings. The molecule has 3 nitrogen and oxygen atoms in total. The third-order valence-electron chi connectivity index (χ3n) is 3.75. The molecule has 0 saturated heterocycles. The highest BCUT2D eigenvalue weighted by Gasteiger charge is 2.26. The van der Waals surface area contributed by atoms with Gasteiger partial charge in [-0.2, -0.15) is 0 Å². The molecule has 0 atom stereocenters. The lowest BCUT2D eigenvalue weighted by atomic mass is 10.0. The molecular weight excluding hydrogens is 420 g/mol. The third kappa shape index (κ3) is 2.60. The van der Waals surface area contributed by atoms with E-state index in [9.17, 15) is 4.79 Å². The molecule has 0 spiro atoms. The molecule has 0 bridgehead atoms. The van der Waals surface area contributed by atoms with Gasteiger partial charge in [-0.3, -0.25) is 9.78 Å². The van der Waals surface area contributed by atoms with Crippen LogP contribution in [0.25, 0.3) is 22.6 Å². The van der Waals surface area contributed by atoms with Crippen LogP contribution in [0.4, 0.5) is 5.69 Å².